The molecular weight excluding hydrogens is 297 g/mol. The van der Waals surface area contributed by atoms with Crippen molar-refractivity contribution in [2.75, 3.05) is 0 Å². The molecule has 0 amide bonds. The van der Waals surface area contributed by atoms with Crippen LogP contribution in [0.5, 0.6) is 0 Å². The summed E-state index contributed by atoms with van der Waals surface area (Å²) in [5.41, 5.74) is 0. The zero-order valence-corrected chi connectivity index (χ0v) is 12.4. The molecule has 0 saturated carbocycles. The van der Waals surface area contributed by atoms with Gasteiger partial charge in [0.05, 0.1) is 36.2 Å². The molecule has 108 valence electrons. The Kier molecular flexibility index (Phi) is 21.4. The van der Waals surface area contributed by atoms with Crippen molar-refractivity contribution in [3.8, 4) is 0 Å². The fourth-order valence-electron chi connectivity index (χ4n) is 0. The van der Waals surface area contributed by atoms with Gasteiger partial charge in [-0.2, -0.15) is 0 Å². The normalized spacial score (nSPS) is 12.9. The molecule has 10 heteroatoms. The summed E-state index contributed by atoms with van der Waals surface area (Å²) in [4.78, 5) is 28.0. The molecule has 3 atom stereocenters. The van der Waals surface area contributed by atoms with Gasteiger partial charge >= 0.3 is 25.8 Å². The van der Waals surface area contributed by atoms with E-state index in [-0.39, 0.29) is 25.8 Å². The summed E-state index contributed by atoms with van der Waals surface area (Å²) < 4.78 is 0. The topological polar surface area (TPSA) is 181 Å². The van der Waals surface area contributed by atoms with E-state index >= 15 is 0 Å². The van der Waals surface area contributed by atoms with E-state index in [9.17, 15) is 29.7 Å². The molecule has 0 saturated heterocycles. The zero-order valence-electron chi connectivity index (χ0n) is 10.6. The average molecular weight is 312 g/mol. The molecule has 0 aromatic carbocycles. The van der Waals surface area contributed by atoms with E-state index in [0.717, 1.165) is 20.8 Å². The first-order valence-corrected chi connectivity index (χ1v) is 4.60. The third-order valence-electron chi connectivity index (χ3n) is 1.02. The second-order valence-corrected chi connectivity index (χ2v) is 2.99. The number of carbonyl (C=O) groups excluding carboxylic acids is 3. The van der Waals surface area contributed by atoms with Crippen LogP contribution in [0.15, 0.2) is 0 Å². The maximum absolute atomic E-state index is 9.34. The Morgan fingerprint density at radius 1 is 0.684 bits per heavy atom. The van der Waals surface area contributed by atoms with Crippen molar-refractivity contribution in [1.82, 2.24) is 0 Å². The van der Waals surface area contributed by atoms with Crippen molar-refractivity contribution in [2.24, 2.45) is 0 Å². The van der Waals surface area contributed by atoms with Gasteiger partial charge in [-0.15, -0.1) is 0 Å². The molecule has 0 heterocycles. The minimum Gasteiger partial charge on any atom is -0.547 e. The molecule has 0 aliphatic rings. The van der Waals surface area contributed by atoms with Crippen molar-refractivity contribution in [2.45, 2.75) is 39.1 Å². The van der Waals surface area contributed by atoms with E-state index in [1.807, 2.05) is 0 Å². The van der Waals surface area contributed by atoms with Crippen LogP contribution in [0.1, 0.15) is 20.8 Å². The molecule has 0 aliphatic carbocycles. The molecule has 0 spiro atoms. The third kappa shape index (κ3) is 31.7. The number of aliphatic hydroxyl groups excluding tert-OH is 3. The smallest absolute Gasteiger partial charge is 0.547 e. The number of aliphatic carboxylic acids is 3. The van der Waals surface area contributed by atoms with Gasteiger partial charge in [0.1, 0.15) is 0 Å². The Labute approximate surface area is 128 Å². The minimum atomic E-state index is -1.44. The summed E-state index contributed by atoms with van der Waals surface area (Å²) >= 11 is 0. The fraction of sp³-hybridized carbons (Fsp3) is 0.667. The molecule has 19 heavy (non-hydrogen) atoms. The van der Waals surface area contributed by atoms with Gasteiger partial charge in [-0.3, -0.25) is 0 Å². The number of hydrogen-bond donors (Lipinski definition) is 3. The molecule has 0 fully saturated rings. The summed E-state index contributed by atoms with van der Waals surface area (Å²) in [5, 5.41) is 51.9. The second kappa shape index (κ2) is 15.2. The van der Waals surface area contributed by atoms with Gasteiger partial charge in [0.2, 0.25) is 0 Å². The predicted molar refractivity (Wildman–Crippen MR) is 50.1 cm³/mol. The van der Waals surface area contributed by atoms with Crippen molar-refractivity contribution in [3.05, 3.63) is 0 Å². The fourth-order valence-corrected chi connectivity index (χ4v) is 0. The van der Waals surface area contributed by atoms with Crippen LogP contribution in [-0.4, -0.2) is 51.5 Å². The van der Waals surface area contributed by atoms with Gasteiger partial charge in [0.25, 0.3) is 0 Å². The first-order chi connectivity index (χ1) is 7.93. The van der Waals surface area contributed by atoms with Gasteiger partial charge in [-0.1, -0.05) is 0 Å². The van der Waals surface area contributed by atoms with Gasteiger partial charge in [-0.05, 0) is 20.8 Å². The first kappa shape index (κ1) is 26.7. The van der Waals surface area contributed by atoms with Gasteiger partial charge in [0, 0.05) is 0 Å². The molecule has 3 unspecified atom stereocenters. The van der Waals surface area contributed by atoms with E-state index < -0.39 is 36.2 Å². The number of hydrogen-bond acceptors (Lipinski definition) is 9. The standard InChI is InChI=1S/3C3H6O3.Sc/c3*1-2(4)3(5)6;/h3*2,4H,1H3,(H,5,6);/q;;;+3/p-3. The first-order valence-electron chi connectivity index (χ1n) is 4.60. The van der Waals surface area contributed by atoms with Gasteiger partial charge in [0.15, 0.2) is 0 Å². The third-order valence-corrected chi connectivity index (χ3v) is 1.02. The Bertz CT molecular complexity index is 220. The zero-order chi connectivity index (χ0) is 15.5. The van der Waals surface area contributed by atoms with Crippen LogP contribution in [0.25, 0.3) is 0 Å². The number of carbonyl (C=O) groups is 3. The van der Waals surface area contributed by atoms with Crippen molar-refractivity contribution in [1.29, 1.82) is 0 Å². The number of aliphatic hydroxyl groups is 3. The summed E-state index contributed by atoms with van der Waals surface area (Å²) in [6.07, 6.45) is -4.03. The largest absolute Gasteiger partial charge is 3.00 e. The Hall–Kier alpha value is -0.840. The van der Waals surface area contributed by atoms with E-state index in [4.69, 9.17) is 15.3 Å². The molecule has 3 N–H and O–H groups in total. The van der Waals surface area contributed by atoms with Crippen LogP contribution in [0.4, 0.5) is 0 Å². The second-order valence-electron chi connectivity index (χ2n) is 2.99. The number of rotatable bonds is 3. The summed E-state index contributed by atoms with van der Waals surface area (Å²) in [5.74, 6) is -4.31. The number of carboxylic acid groups (broad SMARTS) is 3. The van der Waals surface area contributed by atoms with Gasteiger partial charge < -0.3 is 45.0 Å². The van der Waals surface area contributed by atoms with E-state index in [2.05, 4.69) is 0 Å². The molecule has 9 nitrogen and oxygen atoms in total. The average Bonchev–Trinajstić information content (AvgIpc) is 2.18. The van der Waals surface area contributed by atoms with E-state index in [0.29, 0.717) is 0 Å². The maximum atomic E-state index is 9.34. The SMILES string of the molecule is CC(O)C(=O)[O-].CC(O)C(=O)[O-].CC(O)C(=O)[O-].[Sc+3]. The van der Waals surface area contributed by atoms with Crippen LogP contribution in [0.3, 0.4) is 0 Å². The maximum Gasteiger partial charge on any atom is 3.00 e. The Balaban J connectivity index is -0.0000000865. The minimum absolute atomic E-state index is 0. The van der Waals surface area contributed by atoms with Crippen LogP contribution >= 0.6 is 0 Å². The Morgan fingerprint density at radius 3 is 0.737 bits per heavy atom. The number of carboxylic acids is 3. The van der Waals surface area contributed by atoms with Crippen molar-refractivity contribution < 1.29 is 70.9 Å². The summed E-state index contributed by atoms with van der Waals surface area (Å²) in [7, 11) is 0. The monoisotopic (exact) mass is 312 g/mol. The molecular formula is C9H15O9Sc. The Morgan fingerprint density at radius 2 is 0.737 bits per heavy atom. The van der Waals surface area contributed by atoms with Crippen LogP contribution in [0, 0.1) is 0 Å². The van der Waals surface area contributed by atoms with Crippen molar-refractivity contribution >= 4 is 17.9 Å². The van der Waals surface area contributed by atoms with Gasteiger partial charge in [-0.25, -0.2) is 0 Å². The predicted octanol–water partition coefficient (Wildman–Crippen LogP) is -5.65. The molecule has 0 aliphatic heterocycles. The van der Waals surface area contributed by atoms with Crippen molar-refractivity contribution in [3.63, 3.8) is 0 Å². The quantitative estimate of drug-likeness (QED) is 0.457. The van der Waals surface area contributed by atoms with E-state index in [1.54, 1.807) is 0 Å². The molecule has 0 radical (unpaired) electrons. The van der Waals surface area contributed by atoms with Crippen LogP contribution < -0.4 is 15.3 Å². The van der Waals surface area contributed by atoms with E-state index in [1.165, 1.54) is 0 Å². The molecule has 0 rings (SSSR count). The van der Waals surface area contributed by atoms with Crippen LogP contribution in [0.2, 0.25) is 0 Å². The molecule has 0 bridgehead atoms. The van der Waals surface area contributed by atoms with Crippen LogP contribution in [-0.2, 0) is 40.2 Å². The summed E-state index contributed by atoms with van der Waals surface area (Å²) in [6, 6.07) is 0. The molecule has 0 aromatic rings. The summed E-state index contributed by atoms with van der Waals surface area (Å²) in [6.45, 7) is 3.40. The molecule has 0 aromatic heterocycles.